The third-order valence-corrected chi connectivity index (χ3v) is 3.33. The molecule has 2 aromatic heterocycles. The Balaban J connectivity index is 2.61. The molecule has 0 aliphatic heterocycles. The van der Waals surface area contributed by atoms with Crippen molar-refractivity contribution in [1.82, 2.24) is 9.97 Å². The third-order valence-electron chi connectivity index (χ3n) is 2.55. The zero-order valence-electron chi connectivity index (χ0n) is 10.9. The number of nitrogens with two attached hydrogens (primary N) is 1. The van der Waals surface area contributed by atoms with Crippen LogP contribution in [0.25, 0.3) is 11.6 Å². The third kappa shape index (κ3) is 2.41. The highest BCUT2D eigenvalue weighted by Gasteiger charge is 2.23. The molecule has 2 heterocycles. The Bertz CT molecular complexity index is 584. The highest BCUT2D eigenvalue weighted by atomic mass is 79.9. The Morgan fingerprint density at radius 1 is 1.22 bits per heavy atom. The lowest BCUT2D eigenvalue weighted by Crippen LogP contribution is -2.17. The van der Waals surface area contributed by atoms with Gasteiger partial charge in [-0.3, -0.25) is 0 Å². The van der Waals surface area contributed by atoms with Crippen molar-refractivity contribution in [2.75, 3.05) is 5.73 Å². The van der Waals surface area contributed by atoms with Crippen LogP contribution in [0.1, 0.15) is 32.2 Å². The average Bonchev–Trinajstić information content (AvgIpc) is 2.67. The van der Waals surface area contributed by atoms with Gasteiger partial charge in [-0.25, -0.2) is 9.97 Å². The number of anilines is 1. The van der Waals surface area contributed by atoms with Crippen LogP contribution in [0.15, 0.2) is 21.0 Å². The first-order chi connectivity index (χ1) is 8.29. The van der Waals surface area contributed by atoms with E-state index in [-0.39, 0.29) is 5.41 Å². The lowest BCUT2D eigenvalue weighted by atomic mass is 9.92. The first kappa shape index (κ1) is 13.1. The number of nitrogens with zero attached hydrogens (tertiary/aromatic N) is 2. The number of aromatic nitrogens is 2. The zero-order valence-corrected chi connectivity index (χ0v) is 12.5. The van der Waals surface area contributed by atoms with E-state index >= 15 is 0 Å². The van der Waals surface area contributed by atoms with Crippen molar-refractivity contribution in [2.24, 2.45) is 0 Å². The quantitative estimate of drug-likeness (QED) is 0.872. The molecule has 0 amide bonds. The number of halogens is 1. The molecule has 0 aromatic carbocycles. The maximum atomic E-state index is 5.92. The maximum absolute atomic E-state index is 5.92. The van der Waals surface area contributed by atoms with Crippen molar-refractivity contribution in [3.05, 3.63) is 28.1 Å². The minimum atomic E-state index is -0.119. The van der Waals surface area contributed by atoms with Crippen LogP contribution in [-0.4, -0.2) is 9.97 Å². The summed E-state index contributed by atoms with van der Waals surface area (Å²) in [6.45, 7) is 8.13. The second-order valence-electron chi connectivity index (χ2n) is 5.26. The van der Waals surface area contributed by atoms with Gasteiger partial charge in [0.1, 0.15) is 11.6 Å². The van der Waals surface area contributed by atoms with Crippen molar-refractivity contribution in [3.63, 3.8) is 0 Å². The van der Waals surface area contributed by atoms with Gasteiger partial charge in [0, 0.05) is 5.41 Å². The molecule has 0 bridgehead atoms. The Kier molecular flexibility index (Phi) is 3.19. The molecule has 0 unspecified atom stereocenters. The van der Waals surface area contributed by atoms with Gasteiger partial charge in [-0.05, 0) is 35.0 Å². The summed E-state index contributed by atoms with van der Waals surface area (Å²) in [5.74, 6) is 2.41. The Morgan fingerprint density at radius 2 is 1.89 bits per heavy atom. The molecule has 96 valence electrons. The smallest absolute Gasteiger partial charge is 0.197 e. The van der Waals surface area contributed by atoms with Crippen LogP contribution in [0.5, 0.6) is 0 Å². The Morgan fingerprint density at radius 3 is 2.39 bits per heavy atom. The Hall–Kier alpha value is -1.36. The molecular weight excluding hydrogens is 294 g/mol. The number of hydrogen-bond acceptors (Lipinski definition) is 4. The van der Waals surface area contributed by atoms with Crippen LogP contribution in [0.2, 0.25) is 0 Å². The molecule has 0 fully saturated rings. The van der Waals surface area contributed by atoms with Crippen molar-refractivity contribution in [2.45, 2.75) is 33.1 Å². The molecule has 18 heavy (non-hydrogen) atoms. The van der Waals surface area contributed by atoms with Gasteiger partial charge in [0.2, 0.25) is 0 Å². The van der Waals surface area contributed by atoms with Gasteiger partial charge in [0.25, 0.3) is 0 Å². The van der Waals surface area contributed by atoms with Crippen molar-refractivity contribution in [1.29, 1.82) is 0 Å². The summed E-state index contributed by atoms with van der Waals surface area (Å²) < 4.78 is 6.29. The van der Waals surface area contributed by atoms with Gasteiger partial charge in [-0.15, -0.1) is 0 Å². The summed E-state index contributed by atoms with van der Waals surface area (Å²) in [4.78, 5) is 8.81. The minimum Gasteiger partial charge on any atom is -0.458 e. The topological polar surface area (TPSA) is 64.9 Å². The van der Waals surface area contributed by atoms with Crippen LogP contribution >= 0.6 is 15.9 Å². The summed E-state index contributed by atoms with van der Waals surface area (Å²) in [5.41, 5.74) is 6.68. The molecule has 2 N–H and O–H groups in total. The first-order valence-electron chi connectivity index (χ1n) is 5.69. The number of rotatable bonds is 1. The lowest BCUT2D eigenvalue weighted by molar-refractivity contribution is 0.537. The van der Waals surface area contributed by atoms with E-state index in [0.717, 1.165) is 15.9 Å². The normalized spacial score (nSPS) is 11.8. The van der Waals surface area contributed by atoms with Gasteiger partial charge in [0.05, 0.1) is 10.2 Å². The predicted molar refractivity (Wildman–Crippen MR) is 75.3 cm³/mol. The summed E-state index contributed by atoms with van der Waals surface area (Å²) >= 11 is 3.45. The second kappa shape index (κ2) is 4.39. The van der Waals surface area contributed by atoms with Crippen molar-refractivity contribution < 1.29 is 4.42 Å². The molecule has 0 atom stereocenters. The first-order valence-corrected chi connectivity index (χ1v) is 6.48. The van der Waals surface area contributed by atoms with E-state index in [2.05, 4.69) is 46.7 Å². The van der Waals surface area contributed by atoms with E-state index < -0.39 is 0 Å². The average molecular weight is 310 g/mol. The fraction of sp³-hybridized carbons (Fsp3) is 0.385. The lowest BCUT2D eigenvalue weighted by Gasteiger charge is -2.20. The number of nitrogen functional groups attached to an aromatic ring is 1. The van der Waals surface area contributed by atoms with E-state index in [4.69, 9.17) is 10.2 Å². The molecule has 2 aromatic rings. The maximum Gasteiger partial charge on any atom is 0.197 e. The summed E-state index contributed by atoms with van der Waals surface area (Å²) in [6.07, 6.45) is 0. The van der Waals surface area contributed by atoms with Gasteiger partial charge in [0.15, 0.2) is 11.6 Å². The molecule has 0 radical (unpaired) electrons. The number of furan rings is 1. The molecule has 0 saturated carbocycles. The van der Waals surface area contributed by atoms with Crippen molar-refractivity contribution in [3.8, 4) is 11.6 Å². The number of hydrogen-bond donors (Lipinski definition) is 1. The fourth-order valence-corrected chi connectivity index (χ4v) is 2.40. The van der Waals surface area contributed by atoms with Crippen LogP contribution in [0.4, 0.5) is 5.82 Å². The molecule has 4 nitrogen and oxygen atoms in total. The molecule has 0 spiro atoms. The molecular formula is C13H16BrN3O. The van der Waals surface area contributed by atoms with E-state index in [0.29, 0.717) is 17.4 Å². The monoisotopic (exact) mass is 309 g/mol. The molecule has 0 aliphatic carbocycles. The number of aryl methyl sites for hydroxylation is 1. The van der Waals surface area contributed by atoms with E-state index in [1.807, 2.05) is 19.1 Å². The Labute approximate surface area is 115 Å². The highest BCUT2D eigenvalue weighted by Crippen LogP contribution is 2.33. The molecule has 5 heteroatoms. The van der Waals surface area contributed by atoms with Gasteiger partial charge in [-0.2, -0.15) is 0 Å². The van der Waals surface area contributed by atoms with Gasteiger partial charge >= 0.3 is 0 Å². The van der Waals surface area contributed by atoms with E-state index in [1.165, 1.54) is 0 Å². The van der Waals surface area contributed by atoms with Gasteiger partial charge < -0.3 is 10.2 Å². The molecule has 0 aliphatic rings. The highest BCUT2D eigenvalue weighted by molar-refractivity contribution is 9.10. The predicted octanol–water partition coefficient (Wildman–Crippen LogP) is 3.69. The van der Waals surface area contributed by atoms with E-state index in [9.17, 15) is 0 Å². The zero-order chi connectivity index (χ0) is 13.5. The standard InChI is InChI=1S/C13H16BrN3O/c1-7-5-6-8(18-7)12-16-10(13(2,3)4)9(14)11(15)17-12/h5-6H,1-4H3,(H2,15,16,17). The van der Waals surface area contributed by atoms with Crippen LogP contribution in [0, 0.1) is 6.92 Å². The summed E-state index contributed by atoms with van der Waals surface area (Å²) in [6, 6.07) is 3.73. The summed E-state index contributed by atoms with van der Waals surface area (Å²) in [7, 11) is 0. The largest absolute Gasteiger partial charge is 0.458 e. The fourth-order valence-electron chi connectivity index (χ4n) is 1.63. The molecule has 2 rings (SSSR count). The minimum absolute atomic E-state index is 0.119. The van der Waals surface area contributed by atoms with Crippen LogP contribution < -0.4 is 5.73 Å². The van der Waals surface area contributed by atoms with Crippen molar-refractivity contribution >= 4 is 21.7 Å². The summed E-state index contributed by atoms with van der Waals surface area (Å²) in [5, 5.41) is 0. The van der Waals surface area contributed by atoms with Crippen LogP contribution in [0.3, 0.4) is 0 Å². The van der Waals surface area contributed by atoms with Crippen LogP contribution in [-0.2, 0) is 5.41 Å². The second-order valence-corrected chi connectivity index (χ2v) is 6.05. The molecule has 0 saturated heterocycles. The SMILES string of the molecule is Cc1ccc(-c2nc(N)c(Br)c(C(C)(C)C)n2)o1. The van der Waals surface area contributed by atoms with E-state index in [1.54, 1.807) is 0 Å². The van der Waals surface area contributed by atoms with Gasteiger partial charge in [-0.1, -0.05) is 20.8 Å².